The first-order valence-electron chi connectivity index (χ1n) is 7.02. The summed E-state index contributed by atoms with van der Waals surface area (Å²) in [6, 6.07) is 2.71. The van der Waals surface area contributed by atoms with Gasteiger partial charge >= 0.3 is 0 Å². The molecule has 1 atom stereocenters. The first kappa shape index (κ1) is 13.4. The molecular formula is C14H24N4. The van der Waals surface area contributed by atoms with Gasteiger partial charge in [0.1, 0.15) is 5.82 Å². The third-order valence-electron chi connectivity index (χ3n) is 3.59. The van der Waals surface area contributed by atoms with E-state index in [-0.39, 0.29) is 0 Å². The highest BCUT2D eigenvalue weighted by Crippen LogP contribution is 2.08. The molecule has 2 heterocycles. The van der Waals surface area contributed by atoms with Gasteiger partial charge in [0, 0.05) is 25.3 Å². The number of hydrogen-bond acceptors (Lipinski definition) is 4. The van der Waals surface area contributed by atoms with Gasteiger partial charge in [0.25, 0.3) is 0 Å². The molecule has 2 rings (SSSR count). The highest BCUT2D eigenvalue weighted by Gasteiger charge is 2.14. The Morgan fingerprint density at radius 2 is 2.33 bits per heavy atom. The van der Waals surface area contributed by atoms with Crippen molar-refractivity contribution in [3.63, 3.8) is 0 Å². The molecule has 0 aliphatic carbocycles. The summed E-state index contributed by atoms with van der Waals surface area (Å²) >= 11 is 0. The van der Waals surface area contributed by atoms with Gasteiger partial charge < -0.3 is 5.32 Å². The van der Waals surface area contributed by atoms with Crippen LogP contribution in [0.2, 0.25) is 0 Å². The Hall–Kier alpha value is -1.00. The van der Waals surface area contributed by atoms with Gasteiger partial charge in [0.2, 0.25) is 0 Å². The van der Waals surface area contributed by atoms with Crippen LogP contribution in [-0.4, -0.2) is 40.5 Å². The van der Waals surface area contributed by atoms with Gasteiger partial charge in [-0.05, 0) is 45.3 Å². The van der Waals surface area contributed by atoms with Crippen LogP contribution in [0.5, 0.6) is 0 Å². The maximum Gasteiger partial charge on any atom is 0.125 e. The van der Waals surface area contributed by atoms with Gasteiger partial charge in [-0.1, -0.05) is 6.92 Å². The lowest BCUT2D eigenvalue weighted by atomic mass is 10.1. The normalized spacial score (nSPS) is 22.4. The van der Waals surface area contributed by atoms with Gasteiger partial charge in [0.05, 0.1) is 5.69 Å². The molecule has 100 valence electrons. The maximum atomic E-state index is 4.49. The predicted molar refractivity (Wildman–Crippen MR) is 73.4 cm³/mol. The van der Waals surface area contributed by atoms with Crippen molar-refractivity contribution in [1.82, 2.24) is 20.2 Å². The Morgan fingerprint density at radius 3 is 3.11 bits per heavy atom. The number of nitrogens with one attached hydrogen (secondary N) is 1. The molecule has 0 radical (unpaired) electrons. The van der Waals surface area contributed by atoms with Crippen molar-refractivity contribution in [1.29, 1.82) is 0 Å². The van der Waals surface area contributed by atoms with Gasteiger partial charge in [0.15, 0.2) is 0 Å². The second-order valence-electron chi connectivity index (χ2n) is 5.07. The van der Waals surface area contributed by atoms with Crippen molar-refractivity contribution in [3.05, 3.63) is 23.8 Å². The molecule has 1 N–H and O–H groups in total. The van der Waals surface area contributed by atoms with Crippen LogP contribution < -0.4 is 5.32 Å². The van der Waals surface area contributed by atoms with E-state index in [0.717, 1.165) is 37.7 Å². The third kappa shape index (κ3) is 4.03. The van der Waals surface area contributed by atoms with E-state index in [4.69, 9.17) is 0 Å². The summed E-state index contributed by atoms with van der Waals surface area (Å²) in [5, 5.41) is 3.61. The van der Waals surface area contributed by atoms with Crippen LogP contribution in [0.3, 0.4) is 0 Å². The number of hydrogen-bond donors (Lipinski definition) is 1. The largest absolute Gasteiger partial charge is 0.314 e. The van der Waals surface area contributed by atoms with Crippen molar-refractivity contribution in [2.24, 2.45) is 0 Å². The fourth-order valence-corrected chi connectivity index (χ4v) is 2.49. The summed E-state index contributed by atoms with van der Waals surface area (Å²) in [7, 11) is 0. The van der Waals surface area contributed by atoms with Gasteiger partial charge in [-0.2, -0.15) is 0 Å². The molecule has 1 aliphatic rings. The predicted octanol–water partition coefficient (Wildman–Crippen LogP) is 1.75. The molecule has 0 bridgehead atoms. The summed E-state index contributed by atoms with van der Waals surface area (Å²) < 4.78 is 0. The topological polar surface area (TPSA) is 41.1 Å². The maximum absolute atomic E-state index is 4.49. The SMILES string of the molecule is CCC1CCN(Cc2ccnc(C)n2)CCCN1. The summed E-state index contributed by atoms with van der Waals surface area (Å²) in [5.74, 6) is 0.868. The molecule has 1 fully saturated rings. The Labute approximate surface area is 110 Å². The summed E-state index contributed by atoms with van der Waals surface area (Å²) in [5.41, 5.74) is 1.14. The quantitative estimate of drug-likeness (QED) is 0.885. The first-order chi connectivity index (χ1) is 8.78. The van der Waals surface area contributed by atoms with Crippen LogP contribution in [0, 0.1) is 6.92 Å². The minimum atomic E-state index is 0.680. The molecule has 0 saturated carbocycles. The highest BCUT2D eigenvalue weighted by atomic mass is 15.1. The minimum Gasteiger partial charge on any atom is -0.314 e. The Balaban J connectivity index is 1.91. The number of rotatable bonds is 3. The average Bonchev–Trinajstić information content (AvgIpc) is 2.33. The molecule has 18 heavy (non-hydrogen) atoms. The van der Waals surface area contributed by atoms with Crippen molar-refractivity contribution in [2.45, 2.75) is 45.7 Å². The van der Waals surface area contributed by atoms with E-state index in [9.17, 15) is 0 Å². The Kier molecular flexibility index (Phi) is 5.08. The smallest absolute Gasteiger partial charge is 0.125 e. The van der Waals surface area contributed by atoms with Crippen molar-refractivity contribution < 1.29 is 0 Å². The van der Waals surface area contributed by atoms with Gasteiger partial charge in [-0.3, -0.25) is 4.90 Å². The Bertz CT molecular complexity index is 367. The molecule has 4 heteroatoms. The monoisotopic (exact) mass is 248 g/mol. The van der Waals surface area contributed by atoms with Crippen LogP contribution in [0.25, 0.3) is 0 Å². The highest BCUT2D eigenvalue weighted by molar-refractivity contribution is 5.01. The molecule has 1 aromatic heterocycles. The average molecular weight is 248 g/mol. The number of aryl methyl sites for hydroxylation is 1. The molecule has 1 aromatic rings. The van der Waals surface area contributed by atoms with Crippen LogP contribution in [0.4, 0.5) is 0 Å². The number of aromatic nitrogens is 2. The third-order valence-corrected chi connectivity index (χ3v) is 3.59. The van der Waals surface area contributed by atoms with E-state index in [1.807, 2.05) is 19.2 Å². The van der Waals surface area contributed by atoms with E-state index in [1.54, 1.807) is 0 Å². The van der Waals surface area contributed by atoms with Gasteiger partial charge in [-0.15, -0.1) is 0 Å². The summed E-state index contributed by atoms with van der Waals surface area (Å²) in [6.07, 6.45) is 5.54. The van der Waals surface area contributed by atoms with E-state index in [1.165, 1.54) is 19.3 Å². The lowest BCUT2D eigenvalue weighted by Crippen LogP contribution is -2.39. The fourth-order valence-electron chi connectivity index (χ4n) is 2.49. The second-order valence-corrected chi connectivity index (χ2v) is 5.07. The zero-order chi connectivity index (χ0) is 12.8. The molecule has 1 aliphatic heterocycles. The summed E-state index contributed by atoms with van der Waals surface area (Å²) in [4.78, 5) is 11.2. The van der Waals surface area contributed by atoms with E-state index in [2.05, 4.69) is 27.1 Å². The molecule has 1 saturated heterocycles. The zero-order valence-electron chi connectivity index (χ0n) is 11.5. The van der Waals surface area contributed by atoms with Crippen LogP contribution in [-0.2, 0) is 6.54 Å². The van der Waals surface area contributed by atoms with E-state index >= 15 is 0 Å². The molecule has 0 spiro atoms. The lowest BCUT2D eigenvalue weighted by molar-refractivity contribution is 0.222. The van der Waals surface area contributed by atoms with Crippen molar-refractivity contribution >= 4 is 0 Å². The molecule has 0 aromatic carbocycles. The molecular weight excluding hydrogens is 224 g/mol. The first-order valence-corrected chi connectivity index (χ1v) is 7.02. The van der Waals surface area contributed by atoms with Gasteiger partial charge in [-0.25, -0.2) is 9.97 Å². The van der Waals surface area contributed by atoms with Crippen LogP contribution in [0.1, 0.15) is 37.7 Å². The number of nitrogens with zero attached hydrogens (tertiary/aromatic N) is 3. The van der Waals surface area contributed by atoms with Crippen molar-refractivity contribution in [3.8, 4) is 0 Å². The van der Waals surface area contributed by atoms with Crippen LogP contribution in [0.15, 0.2) is 12.3 Å². The van der Waals surface area contributed by atoms with Crippen molar-refractivity contribution in [2.75, 3.05) is 19.6 Å². The Morgan fingerprint density at radius 1 is 1.44 bits per heavy atom. The fraction of sp³-hybridized carbons (Fsp3) is 0.714. The standard InChI is InChI=1S/C14H24N4/c1-3-13-6-10-18(9-4-7-16-13)11-14-5-8-15-12(2)17-14/h5,8,13,16H,3-4,6-7,9-11H2,1-2H3. The van der Waals surface area contributed by atoms with Crippen LogP contribution >= 0.6 is 0 Å². The minimum absolute atomic E-state index is 0.680. The lowest BCUT2D eigenvalue weighted by Gasteiger charge is -2.28. The van der Waals surface area contributed by atoms with E-state index < -0.39 is 0 Å². The zero-order valence-corrected chi connectivity index (χ0v) is 11.5. The van der Waals surface area contributed by atoms with E-state index in [0.29, 0.717) is 6.04 Å². The summed E-state index contributed by atoms with van der Waals surface area (Å²) in [6.45, 7) is 8.63. The second kappa shape index (κ2) is 6.81. The molecule has 4 nitrogen and oxygen atoms in total. The molecule has 1 unspecified atom stereocenters. The molecule has 0 amide bonds.